The van der Waals surface area contributed by atoms with E-state index in [4.69, 9.17) is 0 Å². The largest absolute Gasteiger partial charge is 0.314 e. The van der Waals surface area contributed by atoms with E-state index < -0.39 is 0 Å². The van der Waals surface area contributed by atoms with Crippen LogP contribution in [0.5, 0.6) is 0 Å². The molecule has 1 spiro atoms. The first-order valence-corrected chi connectivity index (χ1v) is 9.12. The van der Waals surface area contributed by atoms with Crippen LogP contribution in [-0.2, 0) is 0 Å². The van der Waals surface area contributed by atoms with Gasteiger partial charge in [0.2, 0.25) is 0 Å². The summed E-state index contributed by atoms with van der Waals surface area (Å²) in [5, 5.41) is 3.78. The van der Waals surface area contributed by atoms with E-state index in [9.17, 15) is 0 Å². The van der Waals surface area contributed by atoms with Gasteiger partial charge in [-0.3, -0.25) is 0 Å². The lowest BCUT2D eigenvalue weighted by molar-refractivity contribution is 0.339. The molecule has 1 atom stereocenters. The molecule has 1 N–H and O–H groups in total. The molecular weight excluding hydrogens is 230 g/mol. The van der Waals surface area contributed by atoms with Crippen LogP contribution in [0.15, 0.2) is 0 Å². The van der Waals surface area contributed by atoms with Crippen LogP contribution in [0.4, 0.5) is 0 Å². The van der Waals surface area contributed by atoms with E-state index in [0.717, 1.165) is 17.4 Å². The lowest BCUT2D eigenvalue weighted by atomic mass is 9.88. The Labute approximate surface area is 119 Å². The Morgan fingerprint density at radius 3 is 1.79 bits per heavy atom. The van der Waals surface area contributed by atoms with Crippen molar-refractivity contribution in [1.82, 2.24) is 5.32 Å². The molecule has 1 heteroatoms. The lowest BCUT2D eigenvalue weighted by Gasteiger charge is -2.19. The fourth-order valence-corrected chi connectivity index (χ4v) is 4.25. The highest BCUT2D eigenvalue weighted by atomic mass is 15.0. The molecule has 110 valence electrons. The fraction of sp³-hybridized carbons (Fsp3) is 1.00. The molecular formula is C18H33N. The van der Waals surface area contributed by atoms with E-state index in [2.05, 4.69) is 5.32 Å². The van der Waals surface area contributed by atoms with E-state index in [1.807, 2.05) is 0 Å². The minimum absolute atomic E-state index is 0.793. The molecule has 3 aliphatic rings. The minimum atomic E-state index is 0.793. The zero-order valence-electron chi connectivity index (χ0n) is 12.8. The summed E-state index contributed by atoms with van der Waals surface area (Å²) >= 11 is 0. The van der Waals surface area contributed by atoms with Crippen molar-refractivity contribution in [3.8, 4) is 0 Å². The van der Waals surface area contributed by atoms with Gasteiger partial charge >= 0.3 is 0 Å². The van der Waals surface area contributed by atoms with Gasteiger partial charge in [0.25, 0.3) is 0 Å². The smallest absolute Gasteiger partial charge is 0.00683 e. The van der Waals surface area contributed by atoms with Crippen molar-refractivity contribution in [3.63, 3.8) is 0 Å². The van der Waals surface area contributed by atoms with Crippen LogP contribution < -0.4 is 5.32 Å². The summed E-state index contributed by atoms with van der Waals surface area (Å²) in [5.74, 6) is 1.04. The van der Waals surface area contributed by atoms with Crippen molar-refractivity contribution in [1.29, 1.82) is 0 Å². The highest BCUT2D eigenvalue weighted by molar-refractivity contribution is 5.03. The average molecular weight is 263 g/mol. The molecule has 0 bridgehead atoms. The maximum absolute atomic E-state index is 3.78. The van der Waals surface area contributed by atoms with Gasteiger partial charge in [0.15, 0.2) is 0 Å². The molecule has 3 aliphatic carbocycles. The molecule has 0 amide bonds. The van der Waals surface area contributed by atoms with Gasteiger partial charge in [-0.25, -0.2) is 0 Å². The Hall–Kier alpha value is -0.0400. The van der Waals surface area contributed by atoms with Crippen LogP contribution in [-0.4, -0.2) is 12.6 Å². The van der Waals surface area contributed by atoms with Gasteiger partial charge in [-0.15, -0.1) is 0 Å². The summed E-state index contributed by atoms with van der Waals surface area (Å²) in [7, 11) is 0. The molecule has 0 heterocycles. The SMILES string of the molecule is C1CCCCCC2(CCCCC1)CC2CNC1CC1. The summed E-state index contributed by atoms with van der Waals surface area (Å²) in [5.41, 5.74) is 0.793. The van der Waals surface area contributed by atoms with E-state index in [1.54, 1.807) is 19.3 Å². The Kier molecular flexibility index (Phi) is 4.84. The first kappa shape index (κ1) is 13.9. The molecule has 0 aromatic rings. The van der Waals surface area contributed by atoms with E-state index >= 15 is 0 Å². The standard InChI is InChI=1S/C18H33N/c1-2-4-6-8-12-18(13-9-7-5-3-1)14-16(18)15-19-17-10-11-17/h16-17,19H,1-15H2. The van der Waals surface area contributed by atoms with E-state index in [0.29, 0.717) is 0 Å². The van der Waals surface area contributed by atoms with Crippen LogP contribution in [0, 0.1) is 11.3 Å². The zero-order valence-corrected chi connectivity index (χ0v) is 12.8. The second-order valence-corrected chi connectivity index (χ2v) is 7.63. The Morgan fingerprint density at radius 2 is 1.26 bits per heavy atom. The normalized spacial score (nSPS) is 32.5. The third-order valence-corrected chi connectivity index (χ3v) is 5.94. The Balaban J connectivity index is 1.43. The first-order valence-electron chi connectivity index (χ1n) is 9.12. The Bertz CT molecular complexity index is 257. The van der Waals surface area contributed by atoms with Crippen molar-refractivity contribution >= 4 is 0 Å². The topological polar surface area (TPSA) is 12.0 Å². The quantitative estimate of drug-likeness (QED) is 0.751. The van der Waals surface area contributed by atoms with Crippen molar-refractivity contribution < 1.29 is 0 Å². The number of hydrogen-bond donors (Lipinski definition) is 1. The summed E-state index contributed by atoms with van der Waals surface area (Å²) in [6, 6.07) is 0.906. The summed E-state index contributed by atoms with van der Waals surface area (Å²) in [6.07, 6.45) is 21.1. The molecule has 0 radical (unpaired) electrons. The maximum Gasteiger partial charge on any atom is 0.00683 e. The summed E-state index contributed by atoms with van der Waals surface area (Å²) in [4.78, 5) is 0. The Morgan fingerprint density at radius 1 is 0.737 bits per heavy atom. The highest BCUT2D eigenvalue weighted by Gasteiger charge is 2.52. The van der Waals surface area contributed by atoms with Gasteiger partial charge in [0.05, 0.1) is 0 Å². The van der Waals surface area contributed by atoms with Crippen molar-refractivity contribution in [2.24, 2.45) is 11.3 Å². The molecule has 3 rings (SSSR count). The number of nitrogens with one attached hydrogen (secondary N) is 1. The maximum atomic E-state index is 3.78. The first-order chi connectivity index (χ1) is 9.39. The van der Waals surface area contributed by atoms with Crippen LogP contribution in [0.3, 0.4) is 0 Å². The minimum Gasteiger partial charge on any atom is -0.314 e. The lowest BCUT2D eigenvalue weighted by Crippen LogP contribution is -2.22. The van der Waals surface area contributed by atoms with Gasteiger partial charge in [0, 0.05) is 6.04 Å². The molecule has 3 fully saturated rings. The number of hydrogen-bond acceptors (Lipinski definition) is 1. The number of rotatable bonds is 3. The molecule has 0 aromatic carbocycles. The average Bonchev–Trinajstić information content (AvgIpc) is 3.29. The second kappa shape index (κ2) is 6.61. The van der Waals surface area contributed by atoms with Gasteiger partial charge < -0.3 is 5.32 Å². The highest BCUT2D eigenvalue weighted by Crippen LogP contribution is 2.59. The summed E-state index contributed by atoms with van der Waals surface area (Å²) in [6.45, 7) is 1.34. The second-order valence-electron chi connectivity index (χ2n) is 7.63. The molecule has 3 saturated carbocycles. The van der Waals surface area contributed by atoms with Crippen molar-refractivity contribution in [2.45, 2.75) is 95.9 Å². The molecule has 0 aromatic heterocycles. The van der Waals surface area contributed by atoms with Crippen molar-refractivity contribution in [3.05, 3.63) is 0 Å². The van der Waals surface area contributed by atoms with Crippen LogP contribution in [0.25, 0.3) is 0 Å². The van der Waals surface area contributed by atoms with Gasteiger partial charge in [-0.1, -0.05) is 57.8 Å². The van der Waals surface area contributed by atoms with Gasteiger partial charge in [-0.2, -0.15) is 0 Å². The predicted molar refractivity (Wildman–Crippen MR) is 82.4 cm³/mol. The van der Waals surface area contributed by atoms with Crippen molar-refractivity contribution in [2.75, 3.05) is 6.54 Å². The molecule has 0 aliphatic heterocycles. The molecule has 1 unspecified atom stereocenters. The van der Waals surface area contributed by atoms with Gasteiger partial charge in [0.1, 0.15) is 0 Å². The third kappa shape index (κ3) is 4.21. The zero-order chi connectivity index (χ0) is 13.0. The van der Waals surface area contributed by atoms with Crippen LogP contribution in [0.2, 0.25) is 0 Å². The van der Waals surface area contributed by atoms with E-state index in [1.165, 1.54) is 77.2 Å². The van der Waals surface area contributed by atoms with Crippen LogP contribution >= 0.6 is 0 Å². The van der Waals surface area contributed by atoms with E-state index in [-0.39, 0.29) is 0 Å². The van der Waals surface area contributed by atoms with Crippen LogP contribution in [0.1, 0.15) is 89.9 Å². The molecule has 19 heavy (non-hydrogen) atoms. The fourth-order valence-electron chi connectivity index (χ4n) is 4.25. The molecule has 1 nitrogen and oxygen atoms in total. The predicted octanol–water partition coefficient (Wildman–Crippen LogP) is 5.05. The van der Waals surface area contributed by atoms with Gasteiger partial charge in [-0.05, 0) is 50.0 Å². The monoisotopic (exact) mass is 263 g/mol. The molecule has 0 saturated heterocycles. The third-order valence-electron chi connectivity index (χ3n) is 5.94. The summed E-state index contributed by atoms with van der Waals surface area (Å²) < 4.78 is 0.